The maximum atomic E-state index is 13.2. The number of para-hydroxylation sites is 2. The summed E-state index contributed by atoms with van der Waals surface area (Å²) in [6.45, 7) is 6.80. The molecule has 4 heterocycles. The Labute approximate surface area is 189 Å². The van der Waals surface area contributed by atoms with Gasteiger partial charge >= 0.3 is 5.69 Å². The van der Waals surface area contributed by atoms with Gasteiger partial charge in [0.15, 0.2) is 0 Å². The van der Waals surface area contributed by atoms with Crippen LogP contribution in [0, 0.1) is 6.92 Å². The third-order valence-electron chi connectivity index (χ3n) is 6.64. The van der Waals surface area contributed by atoms with E-state index >= 15 is 0 Å². The van der Waals surface area contributed by atoms with Gasteiger partial charge in [-0.05, 0) is 25.5 Å². The smallest absolute Gasteiger partial charge is 0.331 e. The van der Waals surface area contributed by atoms with E-state index in [-0.39, 0.29) is 11.2 Å². The second kappa shape index (κ2) is 8.38. The van der Waals surface area contributed by atoms with Gasteiger partial charge in [0.25, 0.3) is 5.56 Å². The summed E-state index contributed by atoms with van der Waals surface area (Å²) in [7, 11) is 1.69. The van der Waals surface area contributed by atoms with Gasteiger partial charge in [-0.2, -0.15) is 0 Å². The summed E-state index contributed by atoms with van der Waals surface area (Å²) in [5.41, 5.74) is 1.24. The van der Waals surface area contributed by atoms with Crippen LogP contribution in [0.5, 0.6) is 5.75 Å². The van der Waals surface area contributed by atoms with Crippen LogP contribution >= 0.6 is 11.3 Å². The van der Waals surface area contributed by atoms with Gasteiger partial charge in [-0.1, -0.05) is 12.1 Å². The Morgan fingerprint density at radius 1 is 1.09 bits per heavy atom. The Balaban J connectivity index is 1.33. The number of aliphatic hydroxyl groups is 1. The molecule has 0 aliphatic carbocycles. The van der Waals surface area contributed by atoms with E-state index < -0.39 is 6.10 Å². The summed E-state index contributed by atoms with van der Waals surface area (Å²) in [6.07, 6.45) is -0.0872. The Bertz CT molecular complexity index is 1270. The van der Waals surface area contributed by atoms with Crippen molar-refractivity contribution in [2.24, 2.45) is 0 Å². The number of aliphatic hydroxyl groups excluding tert-OH is 1. The van der Waals surface area contributed by atoms with E-state index in [1.807, 2.05) is 25.1 Å². The van der Waals surface area contributed by atoms with Gasteiger partial charge in [-0.25, -0.2) is 4.79 Å². The maximum absolute atomic E-state index is 13.2. The fourth-order valence-electron chi connectivity index (χ4n) is 4.90. The molecule has 2 aliphatic heterocycles. The number of nitrogens with zero attached hydrogens (tertiary/aromatic N) is 4. The lowest BCUT2D eigenvalue weighted by atomic mass is 10.1. The lowest BCUT2D eigenvalue weighted by Gasteiger charge is -2.36. The van der Waals surface area contributed by atoms with Crippen molar-refractivity contribution in [1.82, 2.24) is 14.0 Å². The van der Waals surface area contributed by atoms with Gasteiger partial charge < -0.3 is 14.7 Å². The fourth-order valence-corrected chi connectivity index (χ4v) is 6.07. The fraction of sp³-hybridized carbons (Fsp3) is 0.478. The molecule has 170 valence electrons. The summed E-state index contributed by atoms with van der Waals surface area (Å²) < 4.78 is 8.56. The number of anilines is 1. The predicted molar refractivity (Wildman–Crippen MR) is 126 cm³/mol. The molecule has 0 amide bonds. The number of rotatable bonds is 5. The van der Waals surface area contributed by atoms with Gasteiger partial charge in [0.2, 0.25) is 0 Å². The Hall–Kier alpha value is -2.62. The van der Waals surface area contributed by atoms with Crippen molar-refractivity contribution < 1.29 is 9.84 Å². The molecule has 1 unspecified atom stereocenters. The van der Waals surface area contributed by atoms with E-state index in [0.29, 0.717) is 37.0 Å². The molecule has 1 atom stereocenters. The molecule has 0 spiro atoms. The zero-order chi connectivity index (χ0) is 22.4. The molecule has 1 aromatic carbocycles. The quantitative estimate of drug-likeness (QED) is 0.631. The normalized spacial score (nSPS) is 19.0. The molecule has 2 aromatic heterocycles. The minimum Gasteiger partial charge on any atom is -0.495 e. The number of benzene rings is 1. The number of hydrogen-bond donors (Lipinski definition) is 1. The van der Waals surface area contributed by atoms with Crippen LogP contribution in [0.2, 0.25) is 0 Å². The van der Waals surface area contributed by atoms with Crippen LogP contribution in [0.4, 0.5) is 5.69 Å². The summed E-state index contributed by atoms with van der Waals surface area (Å²) >= 11 is 1.43. The zero-order valence-electron chi connectivity index (χ0n) is 18.4. The Morgan fingerprint density at radius 2 is 1.84 bits per heavy atom. The van der Waals surface area contributed by atoms with Crippen LogP contribution in [0.15, 0.2) is 33.9 Å². The average Bonchev–Trinajstić information content (AvgIpc) is 3.17. The van der Waals surface area contributed by atoms with Crippen LogP contribution in [-0.2, 0) is 13.1 Å². The number of thiophene rings is 1. The molecule has 2 aliphatic rings. The molecule has 32 heavy (non-hydrogen) atoms. The summed E-state index contributed by atoms with van der Waals surface area (Å²) in [4.78, 5) is 32.6. The van der Waals surface area contributed by atoms with Gasteiger partial charge in [-0.3, -0.25) is 18.8 Å². The molecule has 0 saturated carbocycles. The highest BCUT2D eigenvalue weighted by Gasteiger charge is 2.28. The second-order valence-electron chi connectivity index (χ2n) is 8.44. The number of aryl methyl sites for hydroxylation is 2. The maximum Gasteiger partial charge on any atom is 0.331 e. The minimum absolute atomic E-state index is 0.233. The standard InChI is InChI=1S/C23H28N4O4S/c1-15-19-20-21(32-15)17(28)7-8-26(20)23(30)27(22(19)29)14-11-24-9-12-25(13-10-24)16-5-3-4-6-18(16)31-2/h3-6,17,28H,7-14H2,1-2H3. The SMILES string of the molecule is COc1ccccc1N1CCN(CCn2c(=O)c3c(C)sc4c3n(c2=O)CCC4O)CC1. The van der Waals surface area contributed by atoms with Crippen LogP contribution in [0.3, 0.4) is 0 Å². The van der Waals surface area contributed by atoms with Gasteiger partial charge in [0.05, 0.1) is 34.7 Å². The molecule has 1 saturated heterocycles. The Kier molecular flexibility index (Phi) is 5.56. The zero-order valence-corrected chi connectivity index (χ0v) is 19.2. The van der Waals surface area contributed by atoms with E-state index in [0.717, 1.165) is 47.4 Å². The summed E-state index contributed by atoms with van der Waals surface area (Å²) in [6, 6.07) is 8.03. The molecule has 3 aromatic rings. The molecular weight excluding hydrogens is 428 g/mol. The molecular formula is C23H28N4O4S. The van der Waals surface area contributed by atoms with Crippen LogP contribution < -0.4 is 20.9 Å². The summed E-state index contributed by atoms with van der Waals surface area (Å²) in [5, 5.41) is 10.9. The monoisotopic (exact) mass is 456 g/mol. The molecule has 1 fully saturated rings. The van der Waals surface area contributed by atoms with Crippen molar-refractivity contribution in [3.63, 3.8) is 0 Å². The third-order valence-corrected chi connectivity index (χ3v) is 7.84. The van der Waals surface area contributed by atoms with Crippen molar-refractivity contribution in [1.29, 1.82) is 0 Å². The van der Waals surface area contributed by atoms with Crippen molar-refractivity contribution >= 4 is 27.9 Å². The number of methoxy groups -OCH3 is 1. The van der Waals surface area contributed by atoms with E-state index in [9.17, 15) is 14.7 Å². The summed E-state index contributed by atoms with van der Waals surface area (Å²) in [5.74, 6) is 0.874. The van der Waals surface area contributed by atoms with Crippen molar-refractivity contribution in [3.05, 3.63) is 54.9 Å². The molecule has 1 N–H and O–H groups in total. The van der Waals surface area contributed by atoms with E-state index in [1.54, 1.807) is 11.7 Å². The van der Waals surface area contributed by atoms with Gasteiger partial charge in [0, 0.05) is 50.7 Å². The van der Waals surface area contributed by atoms with E-state index in [1.165, 1.54) is 15.9 Å². The van der Waals surface area contributed by atoms with Gasteiger partial charge in [0.1, 0.15) is 5.75 Å². The number of piperazine rings is 1. The molecule has 9 heteroatoms. The lowest BCUT2D eigenvalue weighted by molar-refractivity contribution is 0.159. The number of hydrogen-bond acceptors (Lipinski definition) is 7. The van der Waals surface area contributed by atoms with Crippen molar-refractivity contribution in [2.75, 3.05) is 44.7 Å². The first kappa shape index (κ1) is 21.2. The van der Waals surface area contributed by atoms with E-state index in [2.05, 4.69) is 15.9 Å². The minimum atomic E-state index is -0.592. The average molecular weight is 457 g/mol. The highest BCUT2D eigenvalue weighted by molar-refractivity contribution is 7.13. The molecule has 5 rings (SSSR count). The van der Waals surface area contributed by atoms with Crippen LogP contribution in [0.1, 0.15) is 22.3 Å². The third kappa shape index (κ3) is 3.44. The van der Waals surface area contributed by atoms with Crippen LogP contribution in [0.25, 0.3) is 10.9 Å². The molecule has 8 nitrogen and oxygen atoms in total. The highest BCUT2D eigenvalue weighted by atomic mass is 32.1. The molecule has 0 bridgehead atoms. The highest BCUT2D eigenvalue weighted by Crippen LogP contribution is 2.37. The van der Waals surface area contributed by atoms with Crippen LogP contribution in [-0.4, -0.2) is 59.0 Å². The molecule has 0 radical (unpaired) electrons. The first-order valence-electron chi connectivity index (χ1n) is 11.0. The van der Waals surface area contributed by atoms with Crippen molar-refractivity contribution in [3.8, 4) is 5.75 Å². The Morgan fingerprint density at radius 3 is 2.59 bits per heavy atom. The lowest BCUT2D eigenvalue weighted by Crippen LogP contribution is -2.49. The number of aromatic nitrogens is 2. The first-order valence-corrected chi connectivity index (χ1v) is 11.9. The van der Waals surface area contributed by atoms with E-state index in [4.69, 9.17) is 4.74 Å². The second-order valence-corrected chi connectivity index (χ2v) is 9.70. The van der Waals surface area contributed by atoms with Gasteiger partial charge in [-0.15, -0.1) is 11.3 Å². The topological polar surface area (TPSA) is 79.9 Å². The first-order chi connectivity index (χ1) is 15.5. The van der Waals surface area contributed by atoms with Crippen molar-refractivity contribution in [2.45, 2.75) is 32.5 Å². The number of ether oxygens (including phenoxy) is 1. The predicted octanol–water partition coefficient (Wildman–Crippen LogP) is 1.80. The largest absolute Gasteiger partial charge is 0.495 e.